The molecular formula is C18H28N4O4. The van der Waals surface area contributed by atoms with E-state index in [1.807, 2.05) is 6.92 Å². The molecule has 3 saturated heterocycles. The molecule has 1 atom stereocenters. The molecule has 1 spiro atoms. The molecular weight excluding hydrogens is 336 g/mol. The van der Waals surface area contributed by atoms with Gasteiger partial charge in [-0.05, 0) is 25.9 Å². The first-order chi connectivity index (χ1) is 12.7. The maximum absolute atomic E-state index is 12.6. The minimum Gasteiger partial charge on any atom is -0.461 e. The monoisotopic (exact) mass is 364 g/mol. The molecule has 0 aromatic carbocycles. The lowest BCUT2D eigenvalue weighted by Gasteiger charge is -2.36. The first-order valence-corrected chi connectivity index (χ1v) is 9.72. The van der Waals surface area contributed by atoms with Gasteiger partial charge < -0.3 is 14.0 Å². The molecule has 3 aliphatic rings. The number of carbonyl (C=O) groups excluding carboxylic acids is 1. The molecule has 4 heterocycles. The van der Waals surface area contributed by atoms with Crippen LogP contribution in [0.2, 0.25) is 0 Å². The summed E-state index contributed by atoms with van der Waals surface area (Å²) in [6.45, 7) is 8.65. The number of piperidine rings is 1. The number of hydrogen-bond donors (Lipinski definition) is 0. The molecule has 8 nitrogen and oxygen atoms in total. The SMILES string of the molecule is CCc1noc(CN2CCC3(CC2)CC(CN2CCOCC2)OC3=O)n1. The van der Waals surface area contributed by atoms with E-state index in [9.17, 15) is 4.79 Å². The highest BCUT2D eigenvalue weighted by atomic mass is 16.6. The average molecular weight is 364 g/mol. The Morgan fingerprint density at radius 1 is 1.15 bits per heavy atom. The van der Waals surface area contributed by atoms with Gasteiger partial charge in [-0.15, -0.1) is 0 Å². The van der Waals surface area contributed by atoms with E-state index in [0.29, 0.717) is 12.4 Å². The predicted molar refractivity (Wildman–Crippen MR) is 92.4 cm³/mol. The molecule has 3 fully saturated rings. The summed E-state index contributed by atoms with van der Waals surface area (Å²) in [5.74, 6) is 1.41. The molecule has 0 radical (unpaired) electrons. The topological polar surface area (TPSA) is 80.9 Å². The molecule has 1 unspecified atom stereocenters. The number of cyclic esters (lactones) is 1. The van der Waals surface area contributed by atoms with E-state index in [2.05, 4.69) is 19.9 Å². The van der Waals surface area contributed by atoms with Crippen molar-refractivity contribution in [3.63, 3.8) is 0 Å². The predicted octanol–water partition coefficient (Wildman–Crippen LogP) is 0.862. The standard InChI is InChI=1S/C18H28N4O4/c1-2-15-19-16(26-20-15)13-21-5-3-18(4-6-21)11-14(25-17(18)23)12-22-7-9-24-10-8-22/h14H,2-13H2,1H3. The third-order valence-corrected chi connectivity index (χ3v) is 5.89. The van der Waals surface area contributed by atoms with E-state index in [1.54, 1.807) is 0 Å². The fraction of sp³-hybridized carbons (Fsp3) is 0.833. The molecule has 1 aromatic heterocycles. The normalized spacial score (nSPS) is 27.1. The molecule has 3 aliphatic heterocycles. The maximum Gasteiger partial charge on any atom is 0.312 e. The van der Waals surface area contributed by atoms with Crippen LogP contribution in [0.3, 0.4) is 0 Å². The summed E-state index contributed by atoms with van der Waals surface area (Å²) < 4.78 is 16.4. The van der Waals surface area contributed by atoms with Crippen LogP contribution in [0.15, 0.2) is 4.52 Å². The van der Waals surface area contributed by atoms with E-state index in [0.717, 1.165) is 77.4 Å². The van der Waals surface area contributed by atoms with Gasteiger partial charge in [0, 0.05) is 32.5 Å². The minimum atomic E-state index is -0.295. The third-order valence-electron chi connectivity index (χ3n) is 5.89. The van der Waals surface area contributed by atoms with Gasteiger partial charge >= 0.3 is 5.97 Å². The highest BCUT2D eigenvalue weighted by Gasteiger charge is 2.50. The second-order valence-corrected chi connectivity index (χ2v) is 7.66. The Morgan fingerprint density at radius 3 is 2.62 bits per heavy atom. The van der Waals surface area contributed by atoms with Crippen LogP contribution in [0.25, 0.3) is 0 Å². The van der Waals surface area contributed by atoms with Gasteiger partial charge in [-0.3, -0.25) is 14.6 Å². The second kappa shape index (κ2) is 7.62. The van der Waals surface area contributed by atoms with Crippen molar-refractivity contribution < 1.29 is 18.8 Å². The molecule has 26 heavy (non-hydrogen) atoms. The quantitative estimate of drug-likeness (QED) is 0.712. The number of likely N-dealkylation sites (tertiary alicyclic amines) is 1. The van der Waals surface area contributed by atoms with Gasteiger partial charge in [0.1, 0.15) is 6.10 Å². The van der Waals surface area contributed by atoms with Gasteiger partial charge in [-0.2, -0.15) is 4.98 Å². The average Bonchev–Trinajstić information content (AvgIpc) is 3.23. The van der Waals surface area contributed by atoms with E-state index < -0.39 is 0 Å². The summed E-state index contributed by atoms with van der Waals surface area (Å²) in [7, 11) is 0. The Balaban J connectivity index is 1.29. The summed E-state index contributed by atoms with van der Waals surface area (Å²) >= 11 is 0. The molecule has 0 amide bonds. The van der Waals surface area contributed by atoms with E-state index >= 15 is 0 Å². The lowest BCUT2D eigenvalue weighted by molar-refractivity contribution is -0.151. The number of rotatable bonds is 5. The van der Waals surface area contributed by atoms with Gasteiger partial charge in [0.15, 0.2) is 5.82 Å². The van der Waals surface area contributed by atoms with E-state index in [4.69, 9.17) is 14.0 Å². The number of hydrogen-bond acceptors (Lipinski definition) is 8. The molecule has 0 bridgehead atoms. The first kappa shape index (κ1) is 17.9. The molecule has 0 saturated carbocycles. The number of ether oxygens (including phenoxy) is 2. The van der Waals surface area contributed by atoms with Gasteiger partial charge in [-0.1, -0.05) is 12.1 Å². The van der Waals surface area contributed by atoms with Crippen LogP contribution in [0.5, 0.6) is 0 Å². The zero-order valence-corrected chi connectivity index (χ0v) is 15.5. The Hall–Kier alpha value is -1.51. The number of carbonyl (C=O) groups is 1. The number of aryl methyl sites for hydroxylation is 1. The maximum atomic E-state index is 12.6. The molecule has 144 valence electrons. The zero-order chi connectivity index (χ0) is 18.0. The Morgan fingerprint density at radius 2 is 1.92 bits per heavy atom. The lowest BCUT2D eigenvalue weighted by Crippen LogP contribution is -2.43. The molecule has 8 heteroatoms. The lowest BCUT2D eigenvalue weighted by atomic mass is 9.76. The molecule has 0 aliphatic carbocycles. The van der Waals surface area contributed by atoms with E-state index in [-0.39, 0.29) is 17.5 Å². The molecule has 4 rings (SSSR count). The Bertz CT molecular complexity index is 620. The summed E-state index contributed by atoms with van der Waals surface area (Å²) in [4.78, 5) is 21.6. The van der Waals surface area contributed by atoms with Crippen molar-refractivity contribution in [3.05, 3.63) is 11.7 Å². The van der Waals surface area contributed by atoms with Crippen LogP contribution >= 0.6 is 0 Å². The van der Waals surface area contributed by atoms with Crippen molar-refractivity contribution in [2.75, 3.05) is 45.9 Å². The van der Waals surface area contributed by atoms with Crippen LogP contribution in [-0.4, -0.2) is 78.0 Å². The third kappa shape index (κ3) is 3.77. The summed E-state index contributed by atoms with van der Waals surface area (Å²) in [6.07, 6.45) is 3.34. The van der Waals surface area contributed by atoms with Crippen LogP contribution in [0, 0.1) is 5.41 Å². The highest BCUT2D eigenvalue weighted by Crippen LogP contribution is 2.43. The van der Waals surface area contributed by atoms with Gasteiger partial charge in [0.25, 0.3) is 0 Å². The van der Waals surface area contributed by atoms with E-state index in [1.165, 1.54) is 0 Å². The fourth-order valence-corrected chi connectivity index (χ4v) is 4.25. The summed E-state index contributed by atoms with van der Waals surface area (Å²) in [5, 5.41) is 3.95. The smallest absolute Gasteiger partial charge is 0.312 e. The minimum absolute atomic E-state index is 0.00136. The second-order valence-electron chi connectivity index (χ2n) is 7.66. The first-order valence-electron chi connectivity index (χ1n) is 9.72. The number of morpholine rings is 1. The Kier molecular flexibility index (Phi) is 5.24. The van der Waals surface area contributed by atoms with Gasteiger partial charge in [-0.25, -0.2) is 0 Å². The summed E-state index contributed by atoms with van der Waals surface area (Å²) in [5.41, 5.74) is -0.295. The van der Waals surface area contributed by atoms with Crippen molar-refractivity contribution >= 4 is 5.97 Å². The largest absolute Gasteiger partial charge is 0.461 e. The van der Waals surface area contributed by atoms with Crippen LogP contribution in [-0.2, 0) is 27.2 Å². The number of nitrogens with zero attached hydrogens (tertiary/aromatic N) is 4. The van der Waals surface area contributed by atoms with Crippen LogP contribution in [0.1, 0.15) is 37.9 Å². The van der Waals surface area contributed by atoms with Crippen molar-refractivity contribution in [1.82, 2.24) is 19.9 Å². The molecule has 0 N–H and O–H groups in total. The van der Waals surface area contributed by atoms with Gasteiger partial charge in [0.05, 0.1) is 25.2 Å². The van der Waals surface area contributed by atoms with Crippen molar-refractivity contribution in [2.45, 2.75) is 45.3 Å². The fourth-order valence-electron chi connectivity index (χ4n) is 4.25. The number of esters is 1. The van der Waals surface area contributed by atoms with Crippen molar-refractivity contribution in [1.29, 1.82) is 0 Å². The Labute approximate surface area is 153 Å². The van der Waals surface area contributed by atoms with Crippen LogP contribution in [0.4, 0.5) is 0 Å². The zero-order valence-electron chi connectivity index (χ0n) is 15.5. The molecule has 1 aromatic rings. The number of aromatic nitrogens is 2. The highest BCUT2D eigenvalue weighted by molar-refractivity contribution is 5.79. The van der Waals surface area contributed by atoms with Crippen molar-refractivity contribution in [2.24, 2.45) is 5.41 Å². The van der Waals surface area contributed by atoms with Gasteiger partial charge in [0.2, 0.25) is 5.89 Å². The van der Waals surface area contributed by atoms with Crippen molar-refractivity contribution in [3.8, 4) is 0 Å². The van der Waals surface area contributed by atoms with Crippen LogP contribution < -0.4 is 0 Å². The summed E-state index contributed by atoms with van der Waals surface area (Å²) in [6, 6.07) is 0.